The molecule has 0 saturated heterocycles. The topological polar surface area (TPSA) is 190 Å². The minimum atomic E-state index is -0.395. The quantitative estimate of drug-likeness (QED) is 0.0187. The highest BCUT2D eigenvalue weighted by atomic mass is 35.5. The molecule has 114 heavy (non-hydrogen) atoms. The van der Waals surface area contributed by atoms with Crippen molar-refractivity contribution in [2.75, 3.05) is 171 Å². The van der Waals surface area contributed by atoms with Crippen LogP contribution in [0.1, 0.15) is 234 Å². The van der Waals surface area contributed by atoms with Crippen molar-refractivity contribution in [2.45, 2.75) is 236 Å². The van der Waals surface area contributed by atoms with Gasteiger partial charge in [-0.05, 0) is 132 Å². The molecule has 3 N–H and O–H groups in total. The Bertz CT molecular complexity index is 2730. The van der Waals surface area contributed by atoms with Crippen LogP contribution in [0.4, 0.5) is 0 Å². The molecule has 0 aliphatic rings. The number of aromatic nitrogens is 3. The van der Waals surface area contributed by atoms with Gasteiger partial charge in [-0.25, -0.2) is 13.7 Å². The van der Waals surface area contributed by atoms with E-state index in [0.717, 1.165) is 102 Å². The summed E-state index contributed by atoms with van der Waals surface area (Å²) in [6.07, 6.45) is 18.9. The highest BCUT2D eigenvalue weighted by Crippen LogP contribution is 2.25. The molecule has 28 heteroatoms. The van der Waals surface area contributed by atoms with E-state index in [9.17, 15) is 24.0 Å². The van der Waals surface area contributed by atoms with Crippen LogP contribution in [-0.4, -0.2) is 239 Å². The highest BCUT2D eigenvalue weighted by molar-refractivity contribution is 5.77. The van der Waals surface area contributed by atoms with Gasteiger partial charge in [-0.1, -0.05) is 114 Å². The average molecular weight is 1800 g/mol. The van der Waals surface area contributed by atoms with Gasteiger partial charge in [-0.3, -0.25) is 24.0 Å². The van der Waals surface area contributed by atoms with E-state index in [1.54, 1.807) is 0 Å². The molecule has 0 aliphatic heterocycles. The van der Waals surface area contributed by atoms with E-state index in [1.807, 2.05) is 138 Å². The van der Waals surface area contributed by atoms with Crippen LogP contribution in [0.15, 0.2) is 73.6 Å². The molecule has 0 bridgehead atoms. The Hall–Kier alpha value is -3.03. The maximum absolute atomic E-state index is 11.9. The van der Waals surface area contributed by atoms with E-state index >= 15 is 0 Å². The van der Waals surface area contributed by atoms with Crippen molar-refractivity contribution < 1.29 is 184 Å². The van der Waals surface area contributed by atoms with Gasteiger partial charge in [0.25, 0.3) is 0 Å². The number of aliphatic hydroxyl groups excluding tert-OH is 1. The van der Waals surface area contributed by atoms with Crippen molar-refractivity contribution >= 4 is 29.8 Å². The van der Waals surface area contributed by atoms with E-state index in [0.29, 0.717) is 62.1 Å². The van der Waals surface area contributed by atoms with Crippen molar-refractivity contribution in [1.29, 1.82) is 0 Å². The van der Waals surface area contributed by atoms with Crippen LogP contribution in [0, 0.1) is 27.6 Å². The van der Waals surface area contributed by atoms with Gasteiger partial charge in [-0.2, -0.15) is 0 Å². The summed E-state index contributed by atoms with van der Waals surface area (Å²) in [5, 5.41) is 8.85. The number of esters is 5. The SMILES string of the molecule is C.C.CCC(C)(C)C(=O)OCCC[N+](C)(C)C.CCC(C)(C)C(=O)OCC[N+](C)(C)C.CCC(C)(C)C(=O)OCC[N+](C)(C)CCO.CCC(C)(C)C(=O)OCC[N+](C)(C)Cc1ccccc1.CCC(C)C(=O)OCC[N+](C)(C)C.CCC(C)N.CCC(C)c1cc[n+](C)cc1.CCC(C)n1cc[n+](C)c1.[Cl-].[Cl-].[Cl-].[Cl-].[Cl-].[Cl-].[Cl-].[Cl-]. The minimum absolute atomic E-state index is 0. The Morgan fingerprint density at radius 1 is 0.439 bits per heavy atom. The number of hydrogen-bond donors (Lipinski definition) is 2. The molecule has 0 radical (unpaired) electrons. The summed E-state index contributed by atoms with van der Waals surface area (Å²) in [7, 11) is 31.3. The predicted octanol–water partition coefficient (Wildman–Crippen LogP) is -9.35. The molecule has 20 nitrogen and oxygen atoms in total. The fourth-order valence-corrected chi connectivity index (χ4v) is 7.53. The number of likely N-dealkylation sites (N-methyl/N-ethyl adjacent to an activating group) is 4. The monoisotopic (exact) mass is 1790 g/mol. The zero-order valence-electron chi connectivity index (χ0n) is 77.0. The largest absolute Gasteiger partial charge is 1.00 e. The molecular formula is C86H176Cl8N9O11-. The van der Waals surface area contributed by atoms with E-state index in [-0.39, 0.29) is 173 Å². The van der Waals surface area contributed by atoms with Gasteiger partial charge < -0.3 is 156 Å². The normalized spacial score (nSPS) is 11.8. The zero-order chi connectivity index (χ0) is 82.2. The van der Waals surface area contributed by atoms with Gasteiger partial charge in [0, 0.05) is 30.2 Å². The summed E-state index contributed by atoms with van der Waals surface area (Å²) >= 11 is 0. The average Bonchev–Trinajstić information content (AvgIpc) is 1.43. The number of imidazole rings is 1. The van der Waals surface area contributed by atoms with Crippen molar-refractivity contribution in [1.82, 2.24) is 4.57 Å². The molecule has 0 aliphatic carbocycles. The van der Waals surface area contributed by atoms with E-state index in [2.05, 4.69) is 193 Å². The summed E-state index contributed by atoms with van der Waals surface area (Å²) in [4.78, 5) is 57.9. The second-order valence-electron chi connectivity index (χ2n) is 35.1. The van der Waals surface area contributed by atoms with E-state index < -0.39 is 5.41 Å². The number of hydrogen-bond acceptors (Lipinski definition) is 12. The number of nitrogens with zero attached hydrogens (tertiary/aromatic N) is 8. The molecule has 1 aromatic carbocycles. The van der Waals surface area contributed by atoms with Gasteiger partial charge in [0.15, 0.2) is 12.4 Å². The molecule has 0 fully saturated rings. The fraction of sp³-hybridized carbons (Fsp3) is 0.779. The Kier molecular flexibility index (Phi) is 95.8. The van der Waals surface area contributed by atoms with E-state index in [1.165, 1.54) is 24.0 Å². The second-order valence-corrected chi connectivity index (χ2v) is 35.1. The van der Waals surface area contributed by atoms with Crippen LogP contribution in [0.2, 0.25) is 0 Å². The van der Waals surface area contributed by atoms with Crippen LogP contribution in [0.25, 0.3) is 0 Å². The number of carbonyl (C=O) groups is 5. The Labute approximate surface area is 751 Å². The first kappa shape index (κ1) is 146. The number of quaternary nitrogens is 5. The minimum Gasteiger partial charge on any atom is -1.00 e. The maximum atomic E-state index is 11.9. The van der Waals surface area contributed by atoms with Crippen LogP contribution >= 0.6 is 0 Å². The maximum Gasteiger partial charge on any atom is 0.311 e. The standard InChI is InChI=1S/C17H28NO2.C12H26NO3.C12H26NO2.C11H24NO2.C10H22NO2.C10H16N.C8H15N2.C4H11N.2CH4.8ClH/c1-6-17(2,3)16(19)20-13-12-18(4,5)14-15-10-8-7-9-11-15;1-6-12(2,3)11(15)16-10-8-13(4,5)7-9-14;1-7-12(2,3)11(14)15-10-8-9-13(4,5)6;1-7-11(2,3)10(13)14-9-8-12(4,5)6;1-6-9(2)10(12)13-8-7-11(3,4)5;1-4-9(2)10-5-7-11(3)8-6-10;1-4-8(2)10-6-5-9(3)7-10;1-3-4(2)5;;;;;;;;;;/h7-11H,6,12-14H2,1-5H3;14H,6-10H2,1-5H3;7-10H2,1-6H3;7-9H2,1-6H3;9H,6-8H2,1-5H3;5-9H,4H2,1-3H3;5-8H,4H2,1-3H3;4H,3,5H2,1-2H3;2*1H4;8*1H/q7*+1;;;;;;;;;;;/p-8. The van der Waals surface area contributed by atoms with Gasteiger partial charge in [-0.15, -0.1) is 0 Å². The highest BCUT2D eigenvalue weighted by Gasteiger charge is 2.31. The lowest BCUT2D eigenvalue weighted by Crippen LogP contribution is -3.00. The lowest BCUT2D eigenvalue weighted by molar-refractivity contribution is -0.903. The summed E-state index contributed by atoms with van der Waals surface area (Å²) in [5.74, 6) is 0.248. The predicted molar refractivity (Wildman–Crippen MR) is 444 cm³/mol. The number of rotatable bonds is 35. The third-order valence-corrected chi connectivity index (χ3v) is 18.7. The lowest BCUT2D eigenvalue weighted by Gasteiger charge is -2.30. The fourth-order valence-electron chi connectivity index (χ4n) is 7.53. The van der Waals surface area contributed by atoms with Crippen LogP contribution in [0.3, 0.4) is 0 Å². The molecule has 0 amide bonds. The lowest BCUT2D eigenvalue weighted by atomic mass is 9.91. The number of halogens is 8. The summed E-state index contributed by atoms with van der Waals surface area (Å²) in [6, 6.07) is 15.8. The second kappa shape index (κ2) is 75.0. The molecule has 3 aromatic rings. The number of pyridine rings is 1. The van der Waals surface area contributed by atoms with Gasteiger partial charge >= 0.3 is 29.8 Å². The Balaban J connectivity index is -0.0000000758. The van der Waals surface area contributed by atoms with Crippen molar-refractivity contribution in [2.24, 2.45) is 47.4 Å². The Morgan fingerprint density at radius 2 is 0.772 bits per heavy atom. The first-order valence-corrected chi connectivity index (χ1v) is 38.8. The number of nitrogens with two attached hydrogens (primary N) is 1. The van der Waals surface area contributed by atoms with Crippen LogP contribution < -0.4 is 114 Å². The van der Waals surface area contributed by atoms with Crippen LogP contribution in [0.5, 0.6) is 0 Å². The molecule has 688 valence electrons. The van der Waals surface area contributed by atoms with Crippen molar-refractivity contribution in [3.05, 3.63) is 84.7 Å². The number of aryl methyl sites for hydroxylation is 2. The first-order valence-electron chi connectivity index (χ1n) is 38.8. The third kappa shape index (κ3) is 81.3. The molecule has 4 atom stereocenters. The smallest absolute Gasteiger partial charge is 0.311 e. The number of carbonyl (C=O) groups excluding carboxylic acids is 5. The van der Waals surface area contributed by atoms with E-state index in [4.69, 9.17) is 34.5 Å². The molecule has 0 saturated carbocycles. The molecule has 2 aromatic heterocycles. The van der Waals surface area contributed by atoms with Crippen molar-refractivity contribution in [3.63, 3.8) is 0 Å². The zero-order valence-corrected chi connectivity index (χ0v) is 83.0. The summed E-state index contributed by atoms with van der Waals surface area (Å²) < 4.78 is 36.6. The Morgan fingerprint density at radius 3 is 1.06 bits per heavy atom. The van der Waals surface area contributed by atoms with Gasteiger partial charge in [0.2, 0.25) is 6.33 Å². The van der Waals surface area contributed by atoms with Gasteiger partial charge in [0.1, 0.15) is 85.1 Å². The number of benzene rings is 1. The molecule has 0 spiro atoms. The first-order chi connectivity index (χ1) is 47.5. The molecule has 3 rings (SSSR count). The summed E-state index contributed by atoms with van der Waals surface area (Å²) in [5.41, 5.74) is 6.58. The van der Waals surface area contributed by atoms with Crippen LogP contribution in [-0.2, 0) is 68.3 Å². The molecule has 2 heterocycles. The van der Waals surface area contributed by atoms with Crippen molar-refractivity contribution in [3.8, 4) is 0 Å². The summed E-state index contributed by atoms with van der Waals surface area (Å²) in [6.45, 7) is 48.7. The third-order valence-electron chi connectivity index (χ3n) is 18.7. The number of ether oxygens (including phenoxy) is 5. The number of aliphatic hydroxyl groups is 1. The molecule has 4 unspecified atom stereocenters. The molecular weight excluding hydrogens is 1620 g/mol. The van der Waals surface area contributed by atoms with Gasteiger partial charge in [0.05, 0.1) is 152 Å².